The summed E-state index contributed by atoms with van der Waals surface area (Å²) in [5, 5.41) is 38.1. The van der Waals surface area contributed by atoms with Crippen molar-refractivity contribution in [3.63, 3.8) is 0 Å². The molecule has 0 aliphatic heterocycles. The number of carbonyl (C=O) groups is 1. The van der Waals surface area contributed by atoms with Crippen LogP contribution in [0.2, 0.25) is 0 Å². The highest BCUT2D eigenvalue weighted by molar-refractivity contribution is 7.46. The fourth-order valence-corrected chi connectivity index (χ4v) is 1.96. The molecule has 23 heavy (non-hydrogen) atoms. The summed E-state index contributed by atoms with van der Waals surface area (Å²) in [5.41, 5.74) is 0. The van der Waals surface area contributed by atoms with Gasteiger partial charge < -0.3 is 34.9 Å². The van der Waals surface area contributed by atoms with Crippen LogP contribution in [0, 0.1) is 0 Å². The summed E-state index contributed by atoms with van der Waals surface area (Å²) in [4.78, 5) is 28.4. The van der Waals surface area contributed by atoms with Gasteiger partial charge in [-0.05, 0) is 6.42 Å². The third-order valence-corrected chi connectivity index (χ3v) is 3.45. The van der Waals surface area contributed by atoms with Gasteiger partial charge in [0.15, 0.2) is 6.10 Å². The molecule has 0 spiro atoms. The Hall–Kier alpha value is -0.580. The highest BCUT2D eigenvalue weighted by atomic mass is 31.2. The molecular weight excluding hydrogens is 335 g/mol. The Morgan fingerprint density at radius 2 is 1.65 bits per heavy atom. The Balaban J connectivity index is 4.25. The van der Waals surface area contributed by atoms with Crippen LogP contribution in [0.4, 0.5) is 0 Å². The molecule has 0 fully saturated rings. The molecule has 0 saturated heterocycles. The Kier molecular flexibility index (Phi) is 10.8. The SMILES string of the molecule is CCCCCCOC(=O)[C@H](O)[C@@H](O)[C@H](O)[C@H](O)COP(=O)(O)O. The number of ether oxygens (including phenoxy) is 1. The third-order valence-electron chi connectivity index (χ3n) is 2.96. The van der Waals surface area contributed by atoms with Gasteiger partial charge in [-0.2, -0.15) is 0 Å². The maximum Gasteiger partial charge on any atom is 0.469 e. The van der Waals surface area contributed by atoms with Crippen molar-refractivity contribution in [3.8, 4) is 0 Å². The normalized spacial score (nSPS) is 17.3. The number of aliphatic hydroxyl groups excluding tert-OH is 4. The van der Waals surface area contributed by atoms with Crippen molar-refractivity contribution in [3.05, 3.63) is 0 Å². The topological polar surface area (TPSA) is 174 Å². The molecule has 0 aromatic heterocycles. The molecule has 138 valence electrons. The molecule has 0 aliphatic rings. The first-order chi connectivity index (χ1) is 10.6. The summed E-state index contributed by atoms with van der Waals surface area (Å²) in [6.07, 6.45) is -4.82. The van der Waals surface area contributed by atoms with Crippen LogP contribution in [-0.2, 0) is 18.6 Å². The highest BCUT2D eigenvalue weighted by Crippen LogP contribution is 2.35. The molecule has 0 unspecified atom stereocenters. The van der Waals surface area contributed by atoms with Crippen LogP contribution in [0.1, 0.15) is 32.6 Å². The smallest absolute Gasteiger partial charge is 0.464 e. The van der Waals surface area contributed by atoms with E-state index in [1.54, 1.807) is 0 Å². The maximum atomic E-state index is 11.5. The molecule has 0 amide bonds. The number of hydrogen-bond donors (Lipinski definition) is 6. The molecule has 0 saturated carbocycles. The number of phosphoric acid groups is 1. The molecule has 6 N–H and O–H groups in total. The quantitative estimate of drug-likeness (QED) is 0.139. The zero-order chi connectivity index (χ0) is 18.0. The van der Waals surface area contributed by atoms with Gasteiger partial charge in [-0.1, -0.05) is 26.2 Å². The minimum atomic E-state index is -4.86. The van der Waals surface area contributed by atoms with Crippen molar-refractivity contribution in [2.75, 3.05) is 13.2 Å². The van der Waals surface area contributed by atoms with Crippen LogP contribution in [-0.4, -0.2) is 73.8 Å². The van der Waals surface area contributed by atoms with Gasteiger partial charge in [0.1, 0.15) is 18.3 Å². The molecule has 10 nitrogen and oxygen atoms in total. The molecule has 0 aromatic carbocycles. The van der Waals surface area contributed by atoms with Gasteiger partial charge in [0.2, 0.25) is 0 Å². The van der Waals surface area contributed by atoms with Crippen LogP contribution < -0.4 is 0 Å². The van der Waals surface area contributed by atoms with Crippen LogP contribution in [0.5, 0.6) is 0 Å². The first-order valence-corrected chi connectivity index (χ1v) is 8.72. The number of rotatable bonds is 12. The molecule has 0 rings (SSSR count). The largest absolute Gasteiger partial charge is 0.469 e. The Bertz CT molecular complexity index is 384. The summed E-state index contributed by atoms with van der Waals surface area (Å²) >= 11 is 0. The molecule has 0 aliphatic carbocycles. The van der Waals surface area contributed by atoms with Crippen LogP contribution in [0.3, 0.4) is 0 Å². The van der Waals surface area contributed by atoms with Crippen molar-refractivity contribution in [1.29, 1.82) is 0 Å². The maximum absolute atomic E-state index is 11.5. The van der Waals surface area contributed by atoms with Gasteiger partial charge in [-0.15, -0.1) is 0 Å². The van der Waals surface area contributed by atoms with E-state index >= 15 is 0 Å². The summed E-state index contributed by atoms with van der Waals surface area (Å²) in [6.45, 7) is 1.05. The Morgan fingerprint density at radius 3 is 2.17 bits per heavy atom. The lowest BCUT2D eigenvalue weighted by Gasteiger charge is -2.25. The molecule has 0 heterocycles. The van der Waals surface area contributed by atoms with Gasteiger partial charge in [0.05, 0.1) is 13.2 Å². The van der Waals surface area contributed by atoms with E-state index in [1.165, 1.54) is 0 Å². The number of hydrogen-bond acceptors (Lipinski definition) is 8. The molecule has 0 radical (unpaired) electrons. The van der Waals surface area contributed by atoms with E-state index in [4.69, 9.17) is 14.5 Å². The van der Waals surface area contributed by atoms with Gasteiger partial charge in [-0.25, -0.2) is 9.36 Å². The number of carbonyl (C=O) groups excluding carboxylic acids is 1. The van der Waals surface area contributed by atoms with Crippen molar-refractivity contribution < 1.29 is 48.8 Å². The molecule has 4 atom stereocenters. The number of unbranched alkanes of at least 4 members (excludes halogenated alkanes) is 3. The molecule has 11 heteroatoms. The predicted molar refractivity (Wildman–Crippen MR) is 77.1 cm³/mol. The number of phosphoric ester groups is 1. The Labute approximate surface area is 133 Å². The lowest BCUT2D eigenvalue weighted by molar-refractivity contribution is -0.170. The fourth-order valence-electron chi connectivity index (χ4n) is 1.61. The van der Waals surface area contributed by atoms with Gasteiger partial charge >= 0.3 is 13.8 Å². The molecule has 0 aromatic rings. The van der Waals surface area contributed by atoms with Crippen molar-refractivity contribution >= 4 is 13.8 Å². The minimum Gasteiger partial charge on any atom is -0.464 e. The van der Waals surface area contributed by atoms with Crippen LogP contribution in [0.15, 0.2) is 0 Å². The van der Waals surface area contributed by atoms with Gasteiger partial charge in [-0.3, -0.25) is 4.52 Å². The first-order valence-electron chi connectivity index (χ1n) is 7.19. The second-order valence-electron chi connectivity index (χ2n) is 5.01. The monoisotopic (exact) mass is 360 g/mol. The standard InChI is InChI=1S/C12H25O10P/c1-2-3-4-5-6-21-12(17)11(16)10(15)9(14)8(13)7-22-23(18,19)20/h8-11,13-16H,2-7H2,1H3,(H2,18,19,20)/t8-,9-,10+,11-/m1/s1. The van der Waals surface area contributed by atoms with Gasteiger partial charge in [0.25, 0.3) is 0 Å². The van der Waals surface area contributed by atoms with E-state index in [-0.39, 0.29) is 6.61 Å². The first kappa shape index (κ1) is 22.4. The second-order valence-corrected chi connectivity index (χ2v) is 6.25. The molecular formula is C12H25O10P. The summed E-state index contributed by atoms with van der Waals surface area (Å²) in [7, 11) is -4.86. The summed E-state index contributed by atoms with van der Waals surface area (Å²) in [6, 6.07) is 0. The lowest BCUT2D eigenvalue weighted by Crippen LogP contribution is -2.49. The lowest BCUT2D eigenvalue weighted by atomic mass is 10.0. The average Bonchev–Trinajstić information content (AvgIpc) is 2.49. The van der Waals surface area contributed by atoms with E-state index in [9.17, 15) is 29.8 Å². The van der Waals surface area contributed by atoms with E-state index < -0.39 is 44.8 Å². The van der Waals surface area contributed by atoms with E-state index in [0.29, 0.717) is 6.42 Å². The van der Waals surface area contributed by atoms with Crippen molar-refractivity contribution in [1.82, 2.24) is 0 Å². The average molecular weight is 360 g/mol. The van der Waals surface area contributed by atoms with Gasteiger partial charge in [0, 0.05) is 0 Å². The predicted octanol–water partition coefficient (Wildman–Crippen LogP) is -1.34. The zero-order valence-electron chi connectivity index (χ0n) is 12.8. The zero-order valence-corrected chi connectivity index (χ0v) is 13.7. The minimum absolute atomic E-state index is 0.0442. The van der Waals surface area contributed by atoms with E-state index in [0.717, 1.165) is 19.3 Å². The van der Waals surface area contributed by atoms with E-state index in [1.807, 2.05) is 6.92 Å². The van der Waals surface area contributed by atoms with Crippen molar-refractivity contribution in [2.45, 2.75) is 57.0 Å². The summed E-state index contributed by atoms with van der Waals surface area (Å²) < 4.78 is 19.1. The van der Waals surface area contributed by atoms with Crippen LogP contribution in [0.25, 0.3) is 0 Å². The number of aliphatic hydroxyl groups is 4. The van der Waals surface area contributed by atoms with Crippen molar-refractivity contribution in [2.24, 2.45) is 0 Å². The second kappa shape index (κ2) is 11.1. The van der Waals surface area contributed by atoms with E-state index in [2.05, 4.69) is 4.52 Å². The highest BCUT2D eigenvalue weighted by Gasteiger charge is 2.36. The van der Waals surface area contributed by atoms with Crippen LogP contribution >= 0.6 is 7.82 Å². The third kappa shape index (κ3) is 10.0. The number of esters is 1. The Morgan fingerprint density at radius 1 is 1.04 bits per heavy atom. The molecule has 0 bridgehead atoms. The fraction of sp³-hybridized carbons (Fsp3) is 0.917. The summed E-state index contributed by atoms with van der Waals surface area (Å²) in [5.74, 6) is -1.17.